The van der Waals surface area contributed by atoms with Gasteiger partial charge in [0.05, 0.1) is 6.33 Å². The van der Waals surface area contributed by atoms with Crippen molar-refractivity contribution in [3.05, 3.63) is 18.2 Å². The molecular weight excluding hydrogens is 236 g/mol. The van der Waals surface area contributed by atoms with Crippen molar-refractivity contribution < 1.29 is 0 Å². The Hall–Kier alpha value is -0.870. The maximum atomic E-state index is 4.43. The Morgan fingerprint density at radius 3 is 2.89 bits per heavy atom. The average Bonchev–Trinajstić information content (AvgIpc) is 3.00. The number of nitrogens with one attached hydrogen (secondary N) is 1. The average molecular weight is 262 g/mol. The first-order valence-corrected chi connectivity index (χ1v) is 7.57. The summed E-state index contributed by atoms with van der Waals surface area (Å²) in [6.45, 7) is 8.29. The van der Waals surface area contributed by atoms with Gasteiger partial charge in [-0.3, -0.25) is 0 Å². The Morgan fingerprint density at radius 2 is 2.21 bits per heavy atom. The third kappa shape index (κ3) is 2.70. The van der Waals surface area contributed by atoms with Gasteiger partial charge in [-0.1, -0.05) is 6.92 Å². The Morgan fingerprint density at radius 1 is 1.42 bits per heavy atom. The van der Waals surface area contributed by atoms with Gasteiger partial charge >= 0.3 is 0 Å². The highest BCUT2D eigenvalue weighted by atomic mass is 15.1. The lowest BCUT2D eigenvalue weighted by Gasteiger charge is -2.35. The summed E-state index contributed by atoms with van der Waals surface area (Å²) in [5.41, 5.74) is 1.76. The first kappa shape index (κ1) is 13.1. The normalized spacial score (nSPS) is 27.8. The highest BCUT2D eigenvalue weighted by Gasteiger charge is 2.32. The smallest absolute Gasteiger partial charge is 0.0948 e. The minimum Gasteiger partial charge on any atom is -0.334 e. The van der Waals surface area contributed by atoms with Crippen LogP contribution in [0.15, 0.2) is 12.5 Å². The molecule has 2 aliphatic rings. The van der Waals surface area contributed by atoms with E-state index in [-0.39, 0.29) is 0 Å². The number of nitrogens with zero attached hydrogens (tertiary/aromatic N) is 3. The molecule has 0 aromatic carbocycles. The molecule has 3 rings (SSSR count). The zero-order valence-corrected chi connectivity index (χ0v) is 12.2. The molecule has 4 heteroatoms. The van der Waals surface area contributed by atoms with Crippen molar-refractivity contribution in [3.8, 4) is 0 Å². The van der Waals surface area contributed by atoms with Gasteiger partial charge in [-0.25, -0.2) is 4.98 Å². The van der Waals surface area contributed by atoms with E-state index in [0.717, 1.165) is 25.6 Å². The van der Waals surface area contributed by atoms with Crippen molar-refractivity contribution in [1.29, 1.82) is 0 Å². The predicted molar refractivity (Wildman–Crippen MR) is 77.3 cm³/mol. The van der Waals surface area contributed by atoms with Crippen LogP contribution in [0.1, 0.15) is 31.9 Å². The lowest BCUT2D eigenvalue weighted by molar-refractivity contribution is 0.307. The van der Waals surface area contributed by atoms with E-state index in [1.807, 2.05) is 6.33 Å². The Balaban J connectivity index is 1.74. The molecule has 1 unspecified atom stereocenters. The van der Waals surface area contributed by atoms with Gasteiger partial charge in [-0.15, -0.1) is 0 Å². The summed E-state index contributed by atoms with van der Waals surface area (Å²) >= 11 is 0. The van der Waals surface area contributed by atoms with Gasteiger partial charge in [0.2, 0.25) is 0 Å². The quantitative estimate of drug-likeness (QED) is 0.895. The van der Waals surface area contributed by atoms with E-state index < -0.39 is 0 Å². The monoisotopic (exact) mass is 262 g/mol. The van der Waals surface area contributed by atoms with Crippen LogP contribution in [0.25, 0.3) is 0 Å². The number of imidazole rings is 1. The number of likely N-dealkylation sites (tertiary alicyclic amines) is 1. The van der Waals surface area contributed by atoms with Crippen molar-refractivity contribution in [2.45, 2.75) is 38.1 Å². The van der Waals surface area contributed by atoms with Crippen LogP contribution in [-0.4, -0.2) is 47.7 Å². The second kappa shape index (κ2) is 5.25. The summed E-state index contributed by atoms with van der Waals surface area (Å²) < 4.78 is 2.43. The molecule has 1 atom stereocenters. The largest absolute Gasteiger partial charge is 0.334 e. The molecule has 0 amide bonds. The fourth-order valence-corrected chi connectivity index (χ4v) is 3.66. The van der Waals surface area contributed by atoms with Gasteiger partial charge in [0.25, 0.3) is 0 Å². The van der Waals surface area contributed by atoms with Gasteiger partial charge in [-0.05, 0) is 51.9 Å². The predicted octanol–water partition coefficient (Wildman–Crippen LogP) is 1.48. The minimum absolute atomic E-state index is 0.312. The molecule has 1 aromatic heterocycles. The molecule has 2 aliphatic heterocycles. The summed E-state index contributed by atoms with van der Waals surface area (Å²) in [6, 6.07) is 0. The Kier molecular flexibility index (Phi) is 3.63. The number of piperidine rings is 1. The molecule has 4 nitrogen and oxygen atoms in total. The topological polar surface area (TPSA) is 33.1 Å². The van der Waals surface area contributed by atoms with E-state index in [1.54, 1.807) is 0 Å². The summed E-state index contributed by atoms with van der Waals surface area (Å²) in [6.07, 6.45) is 7.92. The highest BCUT2D eigenvalue weighted by Crippen LogP contribution is 2.33. The third-order valence-corrected chi connectivity index (χ3v) is 4.98. The molecule has 0 spiro atoms. The van der Waals surface area contributed by atoms with Crippen LogP contribution in [0.3, 0.4) is 0 Å². The molecule has 0 radical (unpaired) electrons. The maximum Gasteiger partial charge on any atom is 0.0948 e. The van der Waals surface area contributed by atoms with Crippen LogP contribution >= 0.6 is 0 Å². The summed E-state index contributed by atoms with van der Waals surface area (Å²) in [7, 11) is 2.23. The van der Waals surface area contributed by atoms with Gasteiger partial charge in [0, 0.05) is 30.4 Å². The number of hydrogen-bond donors (Lipinski definition) is 1. The van der Waals surface area contributed by atoms with Crippen molar-refractivity contribution in [1.82, 2.24) is 19.8 Å². The van der Waals surface area contributed by atoms with Crippen molar-refractivity contribution in [3.63, 3.8) is 0 Å². The van der Waals surface area contributed by atoms with Crippen LogP contribution in [0.5, 0.6) is 0 Å². The highest BCUT2D eigenvalue weighted by molar-refractivity contribution is 5.15. The fourth-order valence-electron chi connectivity index (χ4n) is 3.66. The third-order valence-electron chi connectivity index (χ3n) is 4.98. The number of aromatic nitrogens is 2. The maximum absolute atomic E-state index is 4.43. The lowest BCUT2D eigenvalue weighted by atomic mass is 9.78. The Bertz CT molecular complexity index is 420. The van der Waals surface area contributed by atoms with E-state index in [1.165, 1.54) is 38.0 Å². The summed E-state index contributed by atoms with van der Waals surface area (Å²) in [5.74, 6) is 0.795. The van der Waals surface area contributed by atoms with Crippen molar-refractivity contribution >= 4 is 0 Å². The van der Waals surface area contributed by atoms with Gasteiger partial charge < -0.3 is 14.8 Å². The molecular formula is C15H26N4. The second-order valence-corrected chi connectivity index (χ2v) is 6.66. The van der Waals surface area contributed by atoms with Crippen LogP contribution in [0.4, 0.5) is 0 Å². The molecule has 2 saturated heterocycles. The first-order valence-electron chi connectivity index (χ1n) is 7.57. The van der Waals surface area contributed by atoms with Crippen LogP contribution < -0.4 is 5.32 Å². The summed E-state index contributed by atoms with van der Waals surface area (Å²) in [4.78, 5) is 6.87. The number of hydrogen-bond acceptors (Lipinski definition) is 3. The number of rotatable bonds is 3. The zero-order chi connectivity index (χ0) is 13.3. The van der Waals surface area contributed by atoms with Crippen LogP contribution in [-0.2, 0) is 12.0 Å². The van der Waals surface area contributed by atoms with Gasteiger partial charge in [-0.2, -0.15) is 0 Å². The minimum atomic E-state index is 0.312. The van der Waals surface area contributed by atoms with Crippen molar-refractivity contribution in [2.75, 3.05) is 33.2 Å². The molecule has 0 saturated carbocycles. The molecule has 0 bridgehead atoms. The first-order chi connectivity index (χ1) is 9.17. The van der Waals surface area contributed by atoms with Gasteiger partial charge in [0.15, 0.2) is 0 Å². The Labute approximate surface area is 116 Å². The zero-order valence-electron chi connectivity index (χ0n) is 12.2. The van der Waals surface area contributed by atoms with E-state index in [4.69, 9.17) is 0 Å². The lowest BCUT2D eigenvalue weighted by Crippen LogP contribution is -2.39. The van der Waals surface area contributed by atoms with Crippen LogP contribution in [0.2, 0.25) is 0 Å². The van der Waals surface area contributed by atoms with E-state index in [9.17, 15) is 0 Å². The fraction of sp³-hybridized carbons (Fsp3) is 0.800. The summed E-state index contributed by atoms with van der Waals surface area (Å²) in [5, 5.41) is 3.46. The van der Waals surface area contributed by atoms with Crippen molar-refractivity contribution in [2.24, 2.45) is 5.92 Å². The molecule has 2 fully saturated rings. The van der Waals surface area contributed by atoms with E-state index in [0.29, 0.717) is 5.41 Å². The molecule has 3 heterocycles. The molecule has 0 aliphatic carbocycles. The molecule has 106 valence electrons. The van der Waals surface area contributed by atoms with E-state index in [2.05, 4.69) is 39.9 Å². The van der Waals surface area contributed by atoms with Gasteiger partial charge in [0.1, 0.15) is 0 Å². The molecule has 1 aromatic rings. The van der Waals surface area contributed by atoms with Crippen LogP contribution in [0, 0.1) is 5.92 Å². The van der Waals surface area contributed by atoms with E-state index >= 15 is 0 Å². The second-order valence-electron chi connectivity index (χ2n) is 6.66. The molecule has 1 N–H and O–H groups in total. The SMILES string of the molecule is CN1CCC(Cn2cncc2C2(C)CCNCC2)C1. The molecule has 19 heavy (non-hydrogen) atoms. The standard InChI is InChI=1S/C15H26N4/c1-15(4-6-16-7-5-15)14-9-17-12-19(14)11-13-3-8-18(2)10-13/h9,12-13,16H,3-8,10-11H2,1-2H3.